The summed E-state index contributed by atoms with van der Waals surface area (Å²) >= 11 is 1.47. The molecule has 1 aromatic carbocycles. The normalized spacial score (nSPS) is 26.6. The number of ether oxygens (including phenoxy) is 2. The number of Topliss-reactive ketones (excluding diaryl/α,β-unsaturated/α-hetero) is 1. The second kappa shape index (κ2) is 18.8. The highest BCUT2D eigenvalue weighted by atomic mass is 32.1. The van der Waals surface area contributed by atoms with Crippen molar-refractivity contribution in [2.45, 2.75) is 152 Å². The number of hydrogen-bond donors (Lipinski definition) is 5. The Hall–Kier alpha value is -4.99. The fourth-order valence-corrected chi connectivity index (χ4v) is 10.7. The van der Waals surface area contributed by atoms with Crippen LogP contribution in [0.1, 0.15) is 117 Å². The van der Waals surface area contributed by atoms with Gasteiger partial charge in [-0.15, -0.1) is 11.3 Å². The summed E-state index contributed by atoms with van der Waals surface area (Å²) in [6, 6.07) is 4.27. The number of nitrogens with zero attached hydrogens (tertiary/aromatic N) is 3. The van der Waals surface area contributed by atoms with Crippen LogP contribution < -0.4 is 30.7 Å². The zero-order valence-corrected chi connectivity index (χ0v) is 36.9. The van der Waals surface area contributed by atoms with Crippen molar-refractivity contribution >= 4 is 57.0 Å². The largest absolute Gasteiger partial charge is 0.497 e. The Morgan fingerprint density at radius 1 is 0.935 bits per heavy atom. The second-order valence-electron chi connectivity index (χ2n) is 18.4. The molecule has 0 spiro atoms. The van der Waals surface area contributed by atoms with E-state index in [0.717, 1.165) is 75.8 Å². The molecule has 5 N–H and O–H groups in total. The third-order valence-electron chi connectivity index (χ3n) is 13.5. The topological polar surface area (TPSA) is 201 Å². The quantitative estimate of drug-likeness (QED) is 0.128. The number of pyridine rings is 1. The molecule has 16 heteroatoms. The Morgan fingerprint density at radius 2 is 1.66 bits per heavy atom. The number of fused-ring (bicyclic) bond motifs is 3. The summed E-state index contributed by atoms with van der Waals surface area (Å²) in [7, 11) is 1.58. The second-order valence-corrected chi connectivity index (χ2v) is 19.3. The molecule has 62 heavy (non-hydrogen) atoms. The van der Waals surface area contributed by atoms with E-state index in [1.54, 1.807) is 7.11 Å². The molecule has 0 radical (unpaired) electrons. The van der Waals surface area contributed by atoms with Crippen LogP contribution in [-0.2, 0) is 19.2 Å². The van der Waals surface area contributed by atoms with Crippen LogP contribution in [0.5, 0.6) is 11.5 Å². The van der Waals surface area contributed by atoms with Gasteiger partial charge in [-0.25, -0.2) is 19.6 Å². The highest BCUT2D eigenvalue weighted by molar-refractivity contribution is 7.14. The number of aliphatic carboxylic acids is 1. The zero-order valence-electron chi connectivity index (χ0n) is 36.1. The van der Waals surface area contributed by atoms with E-state index in [4.69, 9.17) is 19.4 Å². The number of ketones is 1. The van der Waals surface area contributed by atoms with Gasteiger partial charge in [-0.3, -0.25) is 14.4 Å². The van der Waals surface area contributed by atoms with Gasteiger partial charge in [-0.1, -0.05) is 51.4 Å². The van der Waals surface area contributed by atoms with Gasteiger partial charge in [0, 0.05) is 41.3 Å². The maximum absolute atomic E-state index is 14.9. The molecule has 334 valence electrons. The number of nitrogens with one attached hydrogen (secondary N) is 4. The van der Waals surface area contributed by atoms with Crippen molar-refractivity contribution in [3.05, 3.63) is 29.6 Å². The van der Waals surface area contributed by atoms with Crippen LogP contribution >= 0.6 is 11.3 Å². The van der Waals surface area contributed by atoms with Gasteiger partial charge in [-0.05, 0) is 82.8 Å². The van der Waals surface area contributed by atoms with E-state index in [1.165, 1.54) is 16.2 Å². The first kappa shape index (κ1) is 43.7. The van der Waals surface area contributed by atoms with Crippen molar-refractivity contribution in [2.24, 2.45) is 17.8 Å². The maximum Gasteiger partial charge on any atom is 0.329 e. The van der Waals surface area contributed by atoms with Crippen LogP contribution in [0, 0.1) is 17.8 Å². The number of carbonyl (C=O) groups is 5. The maximum atomic E-state index is 14.9. The molecular weight excluding hydrogens is 811 g/mol. The van der Waals surface area contributed by atoms with Gasteiger partial charge < -0.3 is 40.7 Å². The Labute approximate surface area is 366 Å². The van der Waals surface area contributed by atoms with Crippen molar-refractivity contribution in [2.75, 3.05) is 19.0 Å². The number of hydrogen-bond acceptors (Lipinski definition) is 11. The van der Waals surface area contributed by atoms with Gasteiger partial charge in [0.25, 0.3) is 0 Å². The molecule has 3 saturated carbocycles. The van der Waals surface area contributed by atoms with Gasteiger partial charge in [0.15, 0.2) is 10.9 Å². The summed E-state index contributed by atoms with van der Waals surface area (Å²) in [5.74, 6) is -1.08. The number of benzene rings is 1. The number of aromatic nitrogens is 2. The number of methoxy groups -OCH3 is 1. The van der Waals surface area contributed by atoms with Gasteiger partial charge in [-0.2, -0.15) is 0 Å². The highest BCUT2D eigenvalue weighted by Crippen LogP contribution is 2.48. The van der Waals surface area contributed by atoms with Gasteiger partial charge in [0.05, 0.1) is 30.9 Å². The molecule has 2 saturated heterocycles. The van der Waals surface area contributed by atoms with E-state index in [2.05, 4.69) is 21.3 Å². The van der Waals surface area contributed by atoms with Crippen molar-refractivity contribution in [3.8, 4) is 22.9 Å². The van der Waals surface area contributed by atoms with Crippen LogP contribution in [0.2, 0.25) is 0 Å². The van der Waals surface area contributed by atoms with Crippen molar-refractivity contribution < 1.29 is 38.6 Å². The van der Waals surface area contributed by atoms with Gasteiger partial charge >= 0.3 is 12.0 Å². The van der Waals surface area contributed by atoms with E-state index in [1.807, 2.05) is 43.5 Å². The summed E-state index contributed by atoms with van der Waals surface area (Å²) in [6.07, 6.45) is 11.5. The molecule has 0 bridgehead atoms. The standard InChI is InChI=1S/C46H61N7O8S/c1-26(2)47-45-50-36(25-62-45)35-22-38(32-19-18-30(60-3)20-34(32)48-35)61-31-21-37-41(55)52-46(43(57)58)23-29(46)14-10-5-4-6-11-15-33(42(56)53(37)24-31)49-44(59)51-39(40(54)28-16-17-28)27-12-8-7-9-13-27/h18-20,22,25-29,31,33,37,39H,4-17,21,23-24H2,1-3H3,(H,47,50)(H,52,55)(H,57,58)(H2,49,51,59)/t29-,31+,33-,37-,39-,46+/m0/s1. The minimum atomic E-state index is -1.39. The third-order valence-corrected chi connectivity index (χ3v) is 14.2. The predicted octanol–water partition coefficient (Wildman–Crippen LogP) is 6.84. The summed E-state index contributed by atoms with van der Waals surface area (Å²) < 4.78 is 12.3. The molecule has 0 unspecified atom stereocenters. The fraction of sp³-hybridized carbons (Fsp3) is 0.630. The van der Waals surface area contributed by atoms with Crippen molar-refractivity contribution in [1.29, 1.82) is 0 Å². The minimum Gasteiger partial charge on any atom is -0.497 e. The lowest BCUT2D eigenvalue weighted by Crippen LogP contribution is -2.58. The number of carboxylic acids is 1. The summed E-state index contributed by atoms with van der Waals surface area (Å²) in [6.45, 7) is 4.09. The molecule has 3 aromatic rings. The molecule has 15 nitrogen and oxygen atoms in total. The molecule has 4 heterocycles. The number of carbonyl (C=O) groups excluding carboxylic acids is 4. The van der Waals surface area contributed by atoms with E-state index in [9.17, 15) is 29.1 Å². The lowest BCUT2D eigenvalue weighted by atomic mass is 9.81. The number of urea groups is 1. The van der Waals surface area contributed by atoms with E-state index in [0.29, 0.717) is 59.5 Å². The van der Waals surface area contributed by atoms with Crippen LogP contribution in [0.15, 0.2) is 29.6 Å². The van der Waals surface area contributed by atoms with Crippen LogP contribution in [0.25, 0.3) is 22.3 Å². The molecule has 3 aliphatic carbocycles. The smallest absolute Gasteiger partial charge is 0.329 e. The fourth-order valence-electron chi connectivity index (χ4n) is 9.82. The predicted molar refractivity (Wildman–Crippen MR) is 235 cm³/mol. The molecular formula is C46H61N7O8S. The molecule has 5 aliphatic rings. The molecule has 5 fully saturated rings. The van der Waals surface area contributed by atoms with Gasteiger partial charge in [0.2, 0.25) is 11.8 Å². The molecule has 6 atom stereocenters. The van der Waals surface area contributed by atoms with Gasteiger partial charge in [0.1, 0.15) is 40.9 Å². The third kappa shape index (κ3) is 9.79. The summed E-state index contributed by atoms with van der Waals surface area (Å²) in [5.41, 5.74) is 0.434. The number of amides is 4. The lowest BCUT2D eigenvalue weighted by Gasteiger charge is -2.32. The number of rotatable bonds is 12. The van der Waals surface area contributed by atoms with Crippen LogP contribution in [0.3, 0.4) is 0 Å². The highest BCUT2D eigenvalue weighted by Gasteiger charge is 2.62. The average Bonchev–Trinajstić information content (AvgIpc) is 4.14. The van der Waals surface area contributed by atoms with Crippen LogP contribution in [-0.4, -0.2) is 99.0 Å². The molecule has 2 aliphatic heterocycles. The van der Waals surface area contributed by atoms with Crippen LogP contribution in [0.4, 0.5) is 9.93 Å². The molecule has 8 rings (SSSR count). The number of carboxylic acid groups (broad SMARTS) is 1. The first-order valence-electron chi connectivity index (χ1n) is 22.8. The number of anilines is 1. The average molecular weight is 872 g/mol. The first-order valence-corrected chi connectivity index (χ1v) is 23.6. The van der Waals surface area contributed by atoms with E-state index < -0.39 is 53.6 Å². The SMILES string of the molecule is COc1ccc2c(O[C@@H]3C[C@H]4C(=O)N[C@]5(C(=O)O)C[C@@H]5CCCCCCC[C@H](NC(=O)N[C@H](C(=O)C5CC5)C5CCCCC5)C(=O)N4C3)cc(-c3csc(NC(C)C)n3)nc2c1. The Bertz CT molecular complexity index is 2150. The van der Waals surface area contributed by atoms with Crippen molar-refractivity contribution in [1.82, 2.24) is 30.8 Å². The summed E-state index contributed by atoms with van der Waals surface area (Å²) in [5, 5.41) is 26.0. The molecule has 2 aromatic heterocycles. The summed E-state index contributed by atoms with van der Waals surface area (Å²) in [4.78, 5) is 80.7. The lowest BCUT2D eigenvalue weighted by molar-refractivity contribution is -0.145. The Kier molecular flexibility index (Phi) is 13.2. The minimum absolute atomic E-state index is 0.0134. The molecule has 4 amide bonds. The Morgan fingerprint density at radius 3 is 2.39 bits per heavy atom. The van der Waals surface area contributed by atoms with Crippen molar-refractivity contribution in [3.63, 3.8) is 0 Å². The number of thiazole rings is 1. The van der Waals surface area contributed by atoms with E-state index in [-0.39, 0.29) is 42.5 Å². The zero-order chi connectivity index (χ0) is 43.5. The Balaban J connectivity index is 1.09. The monoisotopic (exact) mass is 871 g/mol. The van der Waals surface area contributed by atoms with E-state index >= 15 is 0 Å². The first-order chi connectivity index (χ1) is 29.9.